The zero-order valence-corrected chi connectivity index (χ0v) is 14.5. The van der Waals surface area contributed by atoms with Crippen LogP contribution in [0.5, 0.6) is 11.5 Å². The lowest BCUT2D eigenvalue weighted by molar-refractivity contribution is 0.238. The smallest absolute Gasteiger partial charge is 0.161 e. The van der Waals surface area contributed by atoms with Crippen LogP contribution in [-0.4, -0.2) is 32.2 Å². The van der Waals surface area contributed by atoms with Crippen molar-refractivity contribution in [3.05, 3.63) is 58.1 Å². The van der Waals surface area contributed by atoms with Gasteiger partial charge in [-0.15, -0.1) is 0 Å². The van der Waals surface area contributed by atoms with Gasteiger partial charge < -0.3 is 9.47 Å². The first-order valence-electron chi connectivity index (χ1n) is 7.79. The number of benzene rings is 2. The molecule has 0 amide bonds. The zero-order chi connectivity index (χ0) is 17.1. The zero-order valence-electron chi connectivity index (χ0n) is 13.8. The van der Waals surface area contributed by atoms with Gasteiger partial charge in [-0.3, -0.25) is 4.90 Å². The third-order valence-corrected chi connectivity index (χ3v) is 4.69. The third-order valence-electron chi connectivity index (χ3n) is 4.43. The van der Waals surface area contributed by atoms with Crippen molar-refractivity contribution < 1.29 is 9.47 Å². The Morgan fingerprint density at radius 3 is 2.46 bits per heavy atom. The number of ether oxygens (including phenoxy) is 2. The summed E-state index contributed by atoms with van der Waals surface area (Å²) in [5.74, 6) is 1.44. The average molecular weight is 343 g/mol. The van der Waals surface area contributed by atoms with Crippen LogP contribution in [-0.2, 0) is 6.42 Å². The molecule has 24 heavy (non-hydrogen) atoms. The average Bonchev–Trinajstić information content (AvgIpc) is 2.61. The van der Waals surface area contributed by atoms with E-state index in [1.165, 1.54) is 5.56 Å². The number of fused-ring (bicyclic) bond motifs is 1. The fourth-order valence-corrected chi connectivity index (χ4v) is 3.42. The third kappa shape index (κ3) is 3.06. The van der Waals surface area contributed by atoms with Crippen molar-refractivity contribution in [2.45, 2.75) is 12.5 Å². The largest absolute Gasteiger partial charge is 0.493 e. The van der Waals surface area contributed by atoms with Crippen LogP contribution in [0, 0.1) is 11.3 Å². The summed E-state index contributed by atoms with van der Waals surface area (Å²) in [5.41, 5.74) is 3.49. The standard InChI is InChI=1S/C19H19ClN2O2/c1-23-17-11-14-7-9-22(10-8-21)19(16(14)12-18(17)24-2)13-3-5-15(20)6-4-13/h3-6,11-12,19H,7,9-10H2,1-2H3. The van der Waals surface area contributed by atoms with Crippen molar-refractivity contribution in [3.63, 3.8) is 0 Å². The Labute approximate surface area is 147 Å². The second-order valence-electron chi connectivity index (χ2n) is 5.74. The first-order chi connectivity index (χ1) is 11.7. The highest BCUT2D eigenvalue weighted by Gasteiger charge is 2.30. The summed E-state index contributed by atoms with van der Waals surface area (Å²) in [6.45, 7) is 1.20. The van der Waals surface area contributed by atoms with E-state index in [9.17, 15) is 5.26 Å². The van der Waals surface area contributed by atoms with Gasteiger partial charge in [-0.1, -0.05) is 23.7 Å². The predicted molar refractivity (Wildman–Crippen MR) is 93.7 cm³/mol. The van der Waals surface area contributed by atoms with Gasteiger partial charge in [0.1, 0.15) is 0 Å². The van der Waals surface area contributed by atoms with E-state index in [0.29, 0.717) is 17.3 Å². The fourth-order valence-electron chi connectivity index (χ4n) is 3.29. The number of rotatable bonds is 4. The molecule has 0 saturated heterocycles. The molecule has 4 nitrogen and oxygen atoms in total. The van der Waals surface area contributed by atoms with E-state index >= 15 is 0 Å². The summed E-state index contributed by atoms with van der Waals surface area (Å²) < 4.78 is 10.9. The normalized spacial score (nSPS) is 17.0. The molecule has 0 N–H and O–H groups in total. The molecule has 0 bridgehead atoms. The second kappa shape index (κ2) is 7.12. The predicted octanol–water partition coefficient (Wildman–Crippen LogP) is 3.83. The van der Waals surface area contributed by atoms with Crippen LogP contribution in [0.15, 0.2) is 36.4 Å². The van der Waals surface area contributed by atoms with Crippen molar-refractivity contribution in [1.82, 2.24) is 4.90 Å². The van der Waals surface area contributed by atoms with Crippen molar-refractivity contribution in [3.8, 4) is 17.6 Å². The van der Waals surface area contributed by atoms with Crippen molar-refractivity contribution in [2.75, 3.05) is 27.3 Å². The SMILES string of the molecule is COc1cc2c(cc1OC)C(c1ccc(Cl)cc1)N(CC#N)CC2. The molecule has 1 heterocycles. The van der Waals surface area contributed by atoms with E-state index in [1.54, 1.807) is 14.2 Å². The minimum absolute atomic E-state index is 0.00507. The molecule has 1 unspecified atom stereocenters. The Kier molecular flexibility index (Phi) is 4.94. The molecule has 1 atom stereocenters. The van der Waals surface area contributed by atoms with Gasteiger partial charge in [0.05, 0.1) is 32.9 Å². The van der Waals surface area contributed by atoms with Crippen LogP contribution in [0.3, 0.4) is 0 Å². The summed E-state index contributed by atoms with van der Waals surface area (Å²) in [6.07, 6.45) is 0.876. The van der Waals surface area contributed by atoms with Gasteiger partial charge in [0.25, 0.3) is 0 Å². The van der Waals surface area contributed by atoms with Gasteiger partial charge >= 0.3 is 0 Å². The van der Waals surface area contributed by atoms with Gasteiger partial charge in [0.2, 0.25) is 0 Å². The summed E-state index contributed by atoms with van der Waals surface area (Å²) >= 11 is 6.03. The maximum absolute atomic E-state index is 9.20. The summed E-state index contributed by atoms with van der Waals surface area (Å²) in [7, 11) is 3.28. The molecule has 0 saturated carbocycles. The Morgan fingerprint density at radius 2 is 1.83 bits per heavy atom. The molecule has 3 rings (SSSR count). The molecule has 1 aliphatic heterocycles. The lowest BCUT2D eigenvalue weighted by Crippen LogP contribution is -2.36. The Bertz CT molecular complexity index is 768. The summed E-state index contributed by atoms with van der Waals surface area (Å²) in [5, 5.41) is 9.90. The lowest BCUT2D eigenvalue weighted by Gasteiger charge is -2.36. The lowest BCUT2D eigenvalue weighted by atomic mass is 9.87. The van der Waals surface area contributed by atoms with Crippen LogP contribution < -0.4 is 9.47 Å². The van der Waals surface area contributed by atoms with E-state index < -0.39 is 0 Å². The van der Waals surface area contributed by atoms with Gasteiger partial charge in [0.15, 0.2) is 11.5 Å². The minimum atomic E-state index is 0.00507. The molecule has 5 heteroatoms. The topological polar surface area (TPSA) is 45.5 Å². The van der Waals surface area contributed by atoms with Gasteiger partial charge in [-0.05, 0) is 47.4 Å². The fraction of sp³-hybridized carbons (Fsp3) is 0.316. The number of nitrogens with zero attached hydrogens (tertiary/aromatic N) is 2. The molecule has 2 aromatic carbocycles. The minimum Gasteiger partial charge on any atom is -0.493 e. The maximum Gasteiger partial charge on any atom is 0.161 e. The number of methoxy groups -OCH3 is 2. The quantitative estimate of drug-likeness (QED) is 0.792. The second-order valence-corrected chi connectivity index (χ2v) is 6.18. The first-order valence-corrected chi connectivity index (χ1v) is 8.17. The number of nitriles is 1. The van der Waals surface area contributed by atoms with E-state index in [2.05, 4.69) is 11.0 Å². The molecule has 1 aliphatic rings. The Hall–Kier alpha value is -2.22. The summed E-state index contributed by atoms with van der Waals surface area (Å²) in [6, 6.07) is 14.2. The highest BCUT2D eigenvalue weighted by atomic mass is 35.5. The summed E-state index contributed by atoms with van der Waals surface area (Å²) in [4.78, 5) is 2.18. The Balaban J connectivity index is 2.13. The van der Waals surface area contributed by atoms with Crippen molar-refractivity contribution in [1.29, 1.82) is 5.26 Å². The molecule has 0 radical (unpaired) electrons. The monoisotopic (exact) mass is 342 g/mol. The first kappa shape index (κ1) is 16.6. The molecular formula is C19H19ClN2O2. The van der Waals surface area contributed by atoms with Crippen LogP contribution in [0.4, 0.5) is 0 Å². The van der Waals surface area contributed by atoms with Gasteiger partial charge in [-0.25, -0.2) is 0 Å². The van der Waals surface area contributed by atoms with Gasteiger partial charge in [0, 0.05) is 11.6 Å². The number of halogens is 1. The molecule has 2 aromatic rings. The van der Waals surface area contributed by atoms with E-state index in [-0.39, 0.29) is 6.04 Å². The van der Waals surface area contributed by atoms with Crippen molar-refractivity contribution in [2.24, 2.45) is 0 Å². The molecule has 0 aliphatic carbocycles. The molecule has 0 fully saturated rings. The molecule has 0 aromatic heterocycles. The number of hydrogen-bond acceptors (Lipinski definition) is 4. The maximum atomic E-state index is 9.20. The van der Waals surface area contributed by atoms with Crippen LogP contribution >= 0.6 is 11.6 Å². The molecular weight excluding hydrogens is 324 g/mol. The highest BCUT2D eigenvalue weighted by Crippen LogP contribution is 2.40. The number of hydrogen-bond donors (Lipinski definition) is 0. The molecule has 124 valence electrons. The van der Waals surface area contributed by atoms with E-state index in [1.807, 2.05) is 36.4 Å². The van der Waals surface area contributed by atoms with Crippen LogP contribution in [0.1, 0.15) is 22.7 Å². The van der Waals surface area contributed by atoms with E-state index in [0.717, 1.165) is 29.8 Å². The molecule has 0 spiro atoms. The van der Waals surface area contributed by atoms with Crippen molar-refractivity contribution >= 4 is 11.6 Å². The van der Waals surface area contributed by atoms with E-state index in [4.69, 9.17) is 21.1 Å². The van der Waals surface area contributed by atoms with Crippen LogP contribution in [0.25, 0.3) is 0 Å². The van der Waals surface area contributed by atoms with Crippen LogP contribution in [0.2, 0.25) is 5.02 Å². The Morgan fingerprint density at radius 1 is 1.17 bits per heavy atom. The highest BCUT2D eigenvalue weighted by molar-refractivity contribution is 6.30. The van der Waals surface area contributed by atoms with Gasteiger partial charge in [-0.2, -0.15) is 5.26 Å².